The quantitative estimate of drug-likeness (QED) is 0.193. The van der Waals surface area contributed by atoms with E-state index in [1.807, 2.05) is 6.07 Å². The van der Waals surface area contributed by atoms with Gasteiger partial charge in [0.2, 0.25) is 0 Å². The lowest BCUT2D eigenvalue weighted by atomic mass is 9.98. The molecular weight excluding hydrogens is 622 g/mol. The van der Waals surface area contributed by atoms with Crippen molar-refractivity contribution in [1.82, 2.24) is 20.6 Å². The number of hydrogen-bond acceptors (Lipinski definition) is 9. The molecule has 15 heteroatoms. The summed E-state index contributed by atoms with van der Waals surface area (Å²) in [6.07, 6.45) is -2.49. The van der Waals surface area contributed by atoms with Crippen LogP contribution in [-0.2, 0) is 23.4 Å². The Morgan fingerprint density at radius 1 is 1.20 bits per heavy atom. The number of urea groups is 1. The Morgan fingerprint density at radius 2 is 1.89 bits per heavy atom. The van der Waals surface area contributed by atoms with E-state index >= 15 is 4.39 Å². The lowest BCUT2D eigenvalue weighted by Crippen LogP contribution is -2.53. The molecule has 1 fully saturated rings. The van der Waals surface area contributed by atoms with Gasteiger partial charge < -0.3 is 29.7 Å². The van der Waals surface area contributed by atoms with E-state index < -0.39 is 62.6 Å². The van der Waals surface area contributed by atoms with Crippen molar-refractivity contribution in [2.45, 2.75) is 63.9 Å². The van der Waals surface area contributed by atoms with Crippen LogP contribution in [0.15, 0.2) is 73.1 Å². The number of carbonyl (C=O) groups is 3. The second-order valence-corrected chi connectivity index (χ2v) is 12.9. The van der Waals surface area contributed by atoms with E-state index in [9.17, 15) is 24.1 Å². The Kier molecular flexibility index (Phi) is 10.7. The zero-order chi connectivity index (χ0) is 33.8. The van der Waals surface area contributed by atoms with Crippen molar-refractivity contribution in [2.75, 3.05) is 13.7 Å². The molecule has 0 radical (unpaired) electrons. The Hall–Kier alpha value is -4.07. The topological polar surface area (TPSA) is 165 Å². The number of carbonyl (C=O) groups excluding carboxylic acids is 3. The standard InChI is InChI=1S/C31H38FN4O9P/c1-18(2)43-28(39)20(4)35-46(41,45-24-12-10-21(11-13-24)22-8-7-9-23(16-22)27(38)33-6)42-17-25-26(37)31(5,32)29(44-25)36-15-14-19(3)34-30(36)40/h7-16,18,20,25-26,29,37H,3,17H2,1-2,4-6H3,(H,33,38)(H,34,40)(H,35,41)/t20-,25+,26+,29+,31+,46?/m0/s1. The van der Waals surface area contributed by atoms with Crippen molar-refractivity contribution in [3.8, 4) is 16.9 Å². The van der Waals surface area contributed by atoms with E-state index in [2.05, 4.69) is 22.3 Å². The number of alkyl halides is 1. The highest BCUT2D eigenvalue weighted by Crippen LogP contribution is 2.47. The van der Waals surface area contributed by atoms with E-state index in [1.165, 1.54) is 38.4 Å². The van der Waals surface area contributed by atoms with Gasteiger partial charge in [-0.25, -0.2) is 13.8 Å². The largest absolute Gasteiger partial charge is 0.462 e. The highest BCUT2D eigenvalue weighted by molar-refractivity contribution is 7.52. The van der Waals surface area contributed by atoms with Crippen molar-refractivity contribution in [1.29, 1.82) is 0 Å². The number of hydrogen-bond donors (Lipinski definition) is 4. The molecule has 248 valence electrons. The smallest absolute Gasteiger partial charge is 0.459 e. The molecule has 1 unspecified atom stereocenters. The van der Waals surface area contributed by atoms with Gasteiger partial charge in [0.25, 0.3) is 5.91 Å². The van der Waals surface area contributed by atoms with Gasteiger partial charge in [0.15, 0.2) is 11.9 Å². The molecule has 6 atom stereocenters. The van der Waals surface area contributed by atoms with E-state index in [4.69, 9.17) is 18.5 Å². The lowest BCUT2D eigenvalue weighted by molar-refractivity contribution is -0.149. The van der Waals surface area contributed by atoms with E-state index in [1.54, 1.807) is 44.2 Å². The molecule has 0 aromatic heterocycles. The summed E-state index contributed by atoms with van der Waals surface area (Å²) in [6, 6.07) is 11.5. The number of halogens is 1. The minimum absolute atomic E-state index is 0.0860. The van der Waals surface area contributed by atoms with Crippen LogP contribution >= 0.6 is 7.75 Å². The average Bonchev–Trinajstić information content (AvgIpc) is 3.23. The maximum atomic E-state index is 15.7. The summed E-state index contributed by atoms with van der Waals surface area (Å²) < 4.78 is 52.0. The van der Waals surface area contributed by atoms with Gasteiger partial charge in [0.05, 0.1) is 12.7 Å². The molecule has 3 amide bonds. The van der Waals surface area contributed by atoms with Crippen LogP contribution in [-0.4, -0.2) is 77.8 Å². The SMILES string of the molecule is C=C1C=CN([C@@H]2O[C@H](COP(=O)(N[C@@H](C)C(=O)OC(C)C)Oc3ccc(-c4cccc(C(=O)NC)c4)cc3)[C@@H](O)[C@@]2(C)F)C(=O)N1. The van der Waals surface area contributed by atoms with Crippen LogP contribution in [0.2, 0.25) is 0 Å². The van der Waals surface area contributed by atoms with E-state index in [-0.39, 0.29) is 11.7 Å². The molecule has 46 heavy (non-hydrogen) atoms. The van der Waals surface area contributed by atoms with Crippen molar-refractivity contribution in [3.05, 3.63) is 78.6 Å². The summed E-state index contributed by atoms with van der Waals surface area (Å²) >= 11 is 0. The van der Waals surface area contributed by atoms with Gasteiger partial charge in [-0.1, -0.05) is 30.8 Å². The third-order valence-electron chi connectivity index (χ3n) is 7.14. The van der Waals surface area contributed by atoms with Crippen LogP contribution in [0.25, 0.3) is 11.1 Å². The molecule has 4 N–H and O–H groups in total. The Morgan fingerprint density at radius 3 is 2.52 bits per heavy atom. The first-order valence-electron chi connectivity index (χ1n) is 14.5. The molecular formula is C31H38FN4O9P. The van der Waals surface area contributed by atoms with Gasteiger partial charge in [-0.05, 0) is 69.2 Å². The number of aliphatic hydroxyl groups is 1. The van der Waals surface area contributed by atoms with Crippen LogP contribution in [0.3, 0.4) is 0 Å². The maximum absolute atomic E-state index is 15.7. The molecule has 2 aliphatic rings. The number of esters is 1. The molecule has 2 aliphatic heterocycles. The van der Waals surface area contributed by atoms with Gasteiger partial charge in [-0.2, -0.15) is 5.09 Å². The molecule has 13 nitrogen and oxygen atoms in total. The first kappa shape index (κ1) is 34.8. The lowest BCUT2D eigenvalue weighted by Gasteiger charge is -2.33. The summed E-state index contributed by atoms with van der Waals surface area (Å²) in [7, 11) is -2.90. The van der Waals surface area contributed by atoms with Gasteiger partial charge in [-0.3, -0.25) is 19.0 Å². The van der Waals surface area contributed by atoms with Crippen molar-refractivity contribution in [3.63, 3.8) is 0 Å². The average molecular weight is 661 g/mol. The van der Waals surface area contributed by atoms with Crippen molar-refractivity contribution >= 4 is 25.7 Å². The Bertz CT molecular complexity index is 1550. The number of allylic oxidation sites excluding steroid dienone is 1. The zero-order valence-corrected chi connectivity index (χ0v) is 27.0. The van der Waals surface area contributed by atoms with E-state index in [0.717, 1.165) is 23.0 Å². The minimum Gasteiger partial charge on any atom is -0.462 e. The van der Waals surface area contributed by atoms with Crippen LogP contribution in [0.5, 0.6) is 5.75 Å². The molecule has 0 spiro atoms. The normalized spacial score (nSPS) is 24.7. The highest BCUT2D eigenvalue weighted by Gasteiger charge is 2.57. The van der Waals surface area contributed by atoms with Crippen LogP contribution in [0.4, 0.5) is 9.18 Å². The fraction of sp³-hybridized carbons (Fsp3) is 0.387. The van der Waals surface area contributed by atoms with Gasteiger partial charge in [0.1, 0.15) is 24.0 Å². The molecule has 2 heterocycles. The molecule has 2 aromatic rings. The predicted octanol–water partition coefficient (Wildman–Crippen LogP) is 4.01. The first-order chi connectivity index (χ1) is 21.6. The second kappa shape index (κ2) is 14.1. The fourth-order valence-electron chi connectivity index (χ4n) is 4.73. The van der Waals surface area contributed by atoms with Crippen LogP contribution < -0.4 is 20.2 Å². The first-order valence-corrected chi connectivity index (χ1v) is 16.0. The number of nitrogens with zero attached hydrogens (tertiary/aromatic N) is 1. The van der Waals surface area contributed by atoms with Crippen LogP contribution in [0.1, 0.15) is 38.1 Å². The summed E-state index contributed by atoms with van der Waals surface area (Å²) in [6.45, 7) is 8.74. The van der Waals surface area contributed by atoms with Gasteiger partial charge in [0, 0.05) is 24.5 Å². The monoisotopic (exact) mass is 660 g/mol. The third-order valence-corrected chi connectivity index (χ3v) is 8.78. The van der Waals surface area contributed by atoms with Crippen molar-refractivity contribution < 1.29 is 47.0 Å². The Labute approximate surface area is 266 Å². The Balaban J connectivity index is 1.54. The van der Waals surface area contributed by atoms with Crippen molar-refractivity contribution in [2.24, 2.45) is 0 Å². The number of aliphatic hydroxyl groups excluding tert-OH is 1. The fourth-order valence-corrected chi connectivity index (χ4v) is 6.24. The molecule has 0 saturated carbocycles. The summed E-state index contributed by atoms with van der Waals surface area (Å²) in [4.78, 5) is 38.0. The zero-order valence-electron chi connectivity index (χ0n) is 26.1. The van der Waals surface area contributed by atoms with Gasteiger partial charge >= 0.3 is 19.7 Å². The molecule has 0 aliphatic carbocycles. The molecule has 2 aromatic carbocycles. The number of amides is 3. The summed E-state index contributed by atoms with van der Waals surface area (Å²) in [5, 5.41) is 18.3. The van der Waals surface area contributed by atoms with Crippen LogP contribution in [0, 0.1) is 0 Å². The number of benzene rings is 2. The summed E-state index contributed by atoms with van der Waals surface area (Å²) in [5.41, 5.74) is -0.222. The molecule has 0 bridgehead atoms. The summed E-state index contributed by atoms with van der Waals surface area (Å²) in [5.74, 6) is -0.886. The number of nitrogens with one attached hydrogen (secondary N) is 3. The highest BCUT2D eigenvalue weighted by atomic mass is 31.2. The number of ether oxygens (including phenoxy) is 2. The maximum Gasteiger partial charge on any atom is 0.459 e. The second-order valence-electron chi connectivity index (χ2n) is 11.2. The number of rotatable bonds is 12. The molecule has 4 rings (SSSR count). The van der Waals surface area contributed by atoms with E-state index in [0.29, 0.717) is 11.3 Å². The third kappa shape index (κ3) is 8.01. The minimum atomic E-state index is -4.44. The van der Waals surface area contributed by atoms with Gasteiger partial charge in [-0.15, -0.1) is 0 Å². The molecule has 1 saturated heterocycles. The predicted molar refractivity (Wildman–Crippen MR) is 166 cm³/mol.